The molecular formula is C22H20BrN3O4S. The Labute approximate surface area is 189 Å². The van der Waals surface area contributed by atoms with Crippen LogP contribution in [0.2, 0.25) is 0 Å². The second-order valence-electron chi connectivity index (χ2n) is 6.86. The fraction of sp³-hybridized carbons (Fsp3) is 0.182. The minimum Gasteiger partial charge on any atom is -0.481 e. The molecule has 7 nitrogen and oxygen atoms in total. The molecule has 160 valence electrons. The largest absolute Gasteiger partial charge is 0.481 e. The van der Waals surface area contributed by atoms with E-state index in [0.717, 1.165) is 0 Å². The molecule has 0 spiro atoms. The average Bonchev–Trinajstić information content (AvgIpc) is 2.72. The number of carboxylic acids is 1. The molecule has 0 aliphatic carbocycles. The second-order valence-corrected chi connectivity index (χ2v) is 9.36. The number of pyridine rings is 1. The molecule has 0 saturated carbocycles. The predicted octanol–water partition coefficient (Wildman–Crippen LogP) is 4.10. The number of terminal acetylenes is 1. The summed E-state index contributed by atoms with van der Waals surface area (Å²) in [5, 5.41) is 10.5. The van der Waals surface area contributed by atoms with E-state index in [1.165, 1.54) is 12.3 Å². The summed E-state index contributed by atoms with van der Waals surface area (Å²) in [5.74, 6) is 2.09. The first kappa shape index (κ1) is 22.6. The van der Waals surface area contributed by atoms with Crippen LogP contribution in [0.5, 0.6) is 0 Å². The molecule has 0 bridgehead atoms. The lowest BCUT2D eigenvalue weighted by Gasteiger charge is -2.29. The Morgan fingerprint density at radius 2 is 1.87 bits per heavy atom. The van der Waals surface area contributed by atoms with E-state index >= 15 is 0 Å². The van der Waals surface area contributed by atoms with Crippen LogP contribution in [0.15, 0.2) is 64.1 Å². The van der Waals surface area contributed by atoms with Gasteiger partial charge in [-0.3, -0.25) is 9.52 Å². The van der Waals surface area contributed by atoms with Crippen molar-refractivity contribution in [1.82, 2.24) is 4.98 Å². The van der Waals surface area contributed by atoms with Crippen LogP contribution in [-0.4, -0.2) is 37.1 Å². The normalized spacial score (nSPS) is 12.2. The lowest BCUT2D eigenvalue weighted by Crippen LogP contribution is -2.36. The van der Waals surface area contributed by atoms with E-state index in [1.54, 1.807) is 54.3 Å². The van der Waals surface area contributed by atoms with Crippen LogP contribution in [0.25, 0.3) is 10.8 Å². The summed E-state index contributed by atoms with van der Waals surface area (Å²) < 4.78 is 28.9. The van der Waals surface area contributed by atoms with Crippen molar-refractivity contribution in [3.05, 3.63) is 59.2 Å². The number of rotatable bonds is 8. The van der Waals surface area contributed by atoms with Gasteiger partial charge in [0.25, 0.3) is 10.0 Å². The Balaban J connectivity index is 2.09. The van der Waals surface area contributed by atoms with Gasteiger partial charge >= 0.3 is 5.97 Å². The smallest absolute Gasteiger partial charge is 0.305 e. The quantitative estimate of drug-likeness (QED) is 0.450. The van der Waals surface area contributed by atoms with Crippen molar-refractivity contribution in [2.45, 2.75) is 24.3 Å². The molecule has 1 aromatic heterocycles. The zero-order chi connectivity index (χ0) is 22.6. The maximum absolute atomic E-state index is 12.9. The van der Waals surface area contributed by atoms with Gasteiger partial charge in [-0.25, -0.2) is 13.4 Å². The van der Waals surface area contributed by atoms with E-state index in [2.05, 4.69) is 31.6 Å². The molecule has 9 heteroatoms. The van der Waals surface area contributed by atoms with Crippen molar-refractivity contribution >= 4 is 54.2 Å². The summed E-state index contributed by atoms with van der Waals surface area (Å²) in [6, 6.07) is 13.3. The van der Waals surface area contributed by atoms with Crippen LogP contribution in [0.3, 0.4) is 0 Å². The average molecular weight is 502 g/mol. The van der Waals surface area contributed by atoms with Crippen LogP contribution in [-0.2, 0) is 14.8 Å². The molecule has 2 aromatic carbocycles. The maximum atomic E-state index is 12.9. The molecule has 31 heavy (non-hydrogen) atoms. The maximum Gasteiger partial charge on any atom is 0.305 e. The van der Waals surface area contributed by atoms with Gasteiger partial charge in [-0.15, -0.1) is 6.42 Å². The molecule has 0 aliphatic rings. The predicted molar refractivity (Wildman–Crippen MR) is 125 cm³/mol. The van der Waals surface area contributed by atoms with Gasteiger partial charge in [0.15, 0.2) is 0 Å². The number of hydrogen-bond acceptors (Lipinski definition) is 5. The van der Waals surface area contributed by atoms with Crippen LogP contribution >= 0.6 is 15.9 Å². The number of fused-ring (bicyclic) bond motifs is 1. The summed E-state index contributed by atoms with van der Waals surface area (Å²) in [6.45, 7) is 1.92. The first-order chi connectivity index (χ1) is 14.7. The first-order valence-electron chi connectivity index (χ1n) is 9.31. The number of anilines is 2. The molecule has 3 rings (SSSR count). The minimum atomic E-state index is -3.87. The zero-order valence-corrected chi connectivity index (χ0v) is 19.0. The highest BCUT2D eigenvalue weighted by Gasteiger charge is 2.23. The summed E-state index contributed by atoms with van der Waals surface area (Å²) in [5.41, 5.74) is 0.307. The molecule has 3 aromatic rings. The number of nitrogens with one attached hydrogen (secondary N) is 1. The molecule has 1 heterocycles. The van der Waals surface area contributed by atoms with Gasteiger partial charge in [0.1, 0.15) is 10.7 Å². The number of nitrogens with zero attached hydrogens (tertiary/aromatic N) is 2. The van der Waals surface area contributed by atoms with Crippen LogP contribution in [0.4, 0.5) is 11.5 Å². The number of hydrogen-bond donors (Lipinski definition) is 2. The lowest BCUT2D eigenvalue weighted by molar-refractivity contribution is -0.137. The van der Waals surface area contributed by atoms with Crippen LogP contribution in [0, 0.1) is 12.3 Å². The standard InChI is InChI=1S/C22H20BrN3O4S/c1-3-12-26(15(2)13-21(27)28)22-17-9-5-4-8-16(17)19(14-24-22)25-31(29,30)20-11-7-6-10-18(20)23/h1,4-11,14-15,25H,12-13H2,2H3,(H,27,28)/t15-/m0/s1. The lowest BCUT2D eigenvalue weighted by atomic mass is 10.1. The van der Waals surface area contributed by atoms with E-state index in [9.17, 15) is 18.3 Å². The number of benzene rings is 2. The summed E-state index contributed by atoms with van der Waals surface area (Å²) in [7, 11) is -3.87. The van der Waals surface area contributed by atoms with E-state index in [1.807, 2.05) is 0 Å². The molecular weight excluding hydrogens is 482 g/mol. The Kier molecular flexibility index (Phi) is 6.83. The van der Waals surface area contributed by atoms with Gasteiger partial charge < -0.3 is 10.0 Å². The Hall–Kier alpha value is -3.09. The van der Waals surface area contributed by atoms with Gasteiger partial charge in [-0.1, -0.05) is 42.3 Å². The number of carbonyl (C=O) groups is 1. The van der Waals surface area contributed by atoms with Gasteiger partial charge in [0.05, 0.1) is 24.8 Å². The third-order valence-corrected chi connectivity index (χ3v) is 7.06. The molecule has 2 N–H and O–H groups in total. The topological polar surface area (TPSA) is 99.6 Å². The number of aromatic nitrogens is 1. The molecule has 1 atom stereocenters. The second kappa shape index (κ2) is 9.37. The van der Waals surface area contributed by atoms with E-state index in [0.29, 0.717) is 26.8 Å². The van der Waals surface area contributed by atoms with Crippen molar-refractivity contribution < 1.29 is 18.3 Å². The molecule has 0 unspecified atom stereocenters. The van der Waals surface area contributed by atoms with Crippen molar-refractivity contribution in [2.24, 2.45) is 0 Å². The Morgan fingerprint density at radius 1 is 1.23 bits per heavy atom. The van der Waals surface area contributed by atoms with Gasteiger partial charge in [-0.2, -0.15) is 0 Å². The van der Waals surface area contributed by atoms with Crippen LogP contribution < -0.4 is 9.62 Å². The third-order valence-electron chi connectivity index (χ3n) is 4.68. The minimum absolute atomic E-state index is 0.104. The highest BCUT2D eigenvalue weighted by atomic mass is 79.9. The number of aliphatic carboxylic acids is 1. The van der Waals surface area contributed by atoms with Crippen LogP contribution in [0.1, 0.15) is 13.3 Å². The summed E-state index contributed by atoms with van der Waals surface area (Å²) >= 11 is 3.27. The number of sulfonamides is 1. The van der Waals surface area contributed by atoms with E-state index in [4.69, 9.17) is 6.42 Å². The van der Waals surface area contributed by atoms with Gasteiger partial charge in [0.2, 0.25) is 0 Å². The molecule has 0 fully saturated rings. The van der Waals surface area contributed by atoms with Gasteiger partial charge in [-0.05, 0) is 35.0 Å². The van der Waals surface area contributed by atoms with Crippen molar-refractivity contribution in [3.8, 4) is 12.3 Å². The molecule has 0 aliphatic heterocycles. The van der Waals surface area contributed by atoms with Crippen molar-refractivity contribution in [2.75, 3.05) is 16.2 Å². The van der Waals surface area contributed by atoms with E-state index < -0.39 is 22.0 Å². The van der Waals surface area contributed by atoms with E-state index in [-0.39, 0.29) is 17.9 Å². The Morgan fingerprint density at radius 3 is 2.52 bits per heavy atom. The van der Waals surface area contributed by atoms with Crippen molar-refractivity contribution in [1.29, 1.82) is 0 Å². The highest BCUT2D eigenvalue weighted by Crippen LogP contribution is 2.33. The first-order valence-corrected chi connectivity index (χ1v) is 11.6. The number of carboxylic acid groups (broad SMARTS) is 1. The zero-order valence-electron chi connectivity index (χ0n) is 16.6. The fourth-order valence-corrected chi connectivity index (χ4v) is 5.32. The number of halogens is 1. The fourth-order valence-electron chi connectivity index (χ4n) is 3.25. The Bertz CT molecular complexity index is 1270. The molecule has 0 radical (unpaired) electrons. The molecule has 0 amide bonds. The summed E-state index contributed by atoms with van der Waals surface area (Å²) in [6.07, 6.45) is 6.81. The summed E-state index contributed by atoms with van der Waals surface area (Å²) in [4.78, 5) is 17.5. The molecule has 0 saturated heterocycles. The monoisotopic (exact) mass is 501 g/mol. The third kappa shape index (κ3) is 4.98. The van der Waals surface area contributed by atoms with Crippen molar-refractivity contribution in [3.63, 3.8) is 0 Å². The SMILES string of the molecule is C#CCN(c1ncc(NS(=O)(=O)c2ccccc2Br)c2ccccc12)[C@@H](C)CC(=O)O. The highest BCUT2D eigenvalue weighted by molar-refractivity contribution is 9.10. The van der Waals surface area contributed by atoms with Gasteiger partial charge in [0, 0.05) is 21.3 Å².